The number of nitrogens with two attached hydrogens (primary N) is 8. The number of hydrogen-bond acceptors (Lipinski definition) is 25. The normalized spacial score (nSPS) is 15.5. The van der Waals surface area contributed by atoms with Crippen molar-refractivity contribution in [3.05, 3.63) is 0 Å². The third-order valence-electron chi connectivity index (χ3n) is 16.6. The number of carboxylic acids is 1. The fourth-order valence-electron chi connectivity index (χ4n) is 10.2. The smallest absolute Gasteiger partial charge is 0.325 e. The molecule has 0 saturated carbocycles. The number of guanidine groups is 2. The van der Waals surface area contributed by atoms with Crippen molar-refractivity contribution in [1.29, 1.82) is 0 Å². The Bertz CT molecular complexity index is 3170. The van der Waals surface area contributed by atoms with Gasteiger partial charge in [0.2, 0.25) is 88.6 Å². The zero-order valence-electron chi connectivity index (χ0n) is 65.2. The maximum absolute atomic E-state index is 14.4. The Morgan fingerprint density at radius 1 is 0.366 bits per heavy atom. The summed E-state index contributed by atoms with van der Waals surface area (Å²) >= 11 is 0. The largest absolute Gasteiger partial charge is 0.480 e. The van der Waals surface area contributed by atoms with E-state index in [2.05, 4.69) is 84.4 Å². The lowest BCUT2D eigenvalue weighted by Crippen LogP contribution is -2.62. The van der Waals surface area contributed by atoms with Gasteiger partial charge in [0.25, 0.3) is 0 Å². The Morgan fingerprint density at radius 2 is 0.696 bits per heavy atom. The van der Waals surface area contributed by atoms with Crippen LogP contribution in [0.2, 0.25) is 0 Å². The Morgan fingerprint density at radius 3 is 1.09 bits per heavy atom. The van der Waals surface area contributed by atoms with E-state index in [0.717, 1.165) is 27.7 Å². The molecular weight excluding hydrogens is 1480 g/mol. The number of unbranched alkanes of at least 4 members (excludes halogenated alkanes) is 3. The molecule has 0 rings (SSSR count). The van der Waals surface area contributed by atoms with Gasteiger partial charge in [0.1, 0.15) is 72.5 Å². The molecule has 0 heterocycles. The Balaban J connectivity index is 6.84. The summed E-state index contributed by atoms with van der Waals surface area (Å²) in [5, 5.41) is 84.9. The number of aliphatic imine (C=N–C) groups is 2. The van der Waals surface area contributed by atoms with Gasteiger partial charge in [0, 0.05) is 19.5 Å². The van der Waals surface area contributed by atoms with Gasteiger partial charge in [0.15, 0.2) is 11.9 Å². The second kappa shape index (κ2) is 53.6. The molecule has 0 aromatic rings. The maximum Gasteiger partial charge on any atom is 0.325 e. The number of aliphatic hydroxyl groups is 4. The molecule has 0 saturated heterocycles. The summed E-state index contributed by atoms with van der Waals surface area (Å²) in [7, 11) is 5.70. The molecule has 46 nitrogen and oxygen atoms in total. The summed E-state index contributed by atoms with van der Waals surface area (Å²) in [4.78, 5) is 222. The number of nitrogens with zero attached hydrogens (tertiary/aromatic N) is 3. The van der Waals surface area contributed by atoms with Crippen LogP contribution in [0.5, 0.6) is 0 Å². The molecular formula is C66H124N25O21+. The number of aliphatic carboxylic acids is 1. The summed E-state index contributed by atoms with van der Waals surface area (Å²) in [6.07, 6.45) is -4.53. The predicted molar refractivity (Wildman–Crippen MR) is 405 cm³/mol. The van der Waals surface area contributed by atoms with E-state index >= 15 is 0 Å². The van der Waals surface area contributed by atoms with E-state index in [1.165, 1.54) is 13.8 Å². The molecule has 0 aromatic carbocycles. The van der Waals surface area contributed by atoms with Crippen molar-refractivity contribution in [2.45, 2.75) is 235 Å². The number of carbonyl (C=O) groups is 16. The van der Waals surface area contributed by atoms with Gasteiger partial charge >= 0.3 is 5.97 Å². The highest BCUT2D eigenvalue weighted by molar-refractivity contribution is 6.00. The van der Waals surface area contributed by atoms with E-state index < -0.39 is 224 Å². The number of rotatable bonds is 57. The topological polar surface area (TPSA) is 776 Å². The first-order valence-electron chi connectivity index (χ1n) is 36.7. The van der Waals surface area contributed by atoms with Crippen molar-refractivity contribution in [2.75, 3.05) is 73.6 Å². The fourth-order valence-corrected chi connectivity index (χ4v) is 10.2. The van der Waals surface area contributed by atoms with Crippen molar-refractivity contribution in [3.63, 3.8) is 0 Å². The third kappa shape index (κ3) is 42.8. The monoisotopic (exact) mass is 1600 g/mol. The van der Waals surface area contributed by atoms with Crippen LogP contribution in [0, 0.1) is 0 Å². The second-order valence-corrected chi connectivity index (χ2v) is 27.9. The van der Waals surface area contributed by atoms with Crippen LogP contribution in [0.4, 0.5) is 0 Å². The molecule has 15 amide bonds. The minimum absolute atomic E-state index is 0.00651. The number of nitrogens with one attached hydrogen (secondary N) is 14. The third-order valence-corrected chi connectivity index (χ3v) is 16.6. The number of amides is 15. The number of carboxylic acid groups (broad SMARTS) is 1. The zero-order valence-corrected chi connectivity index (χ0v) is 65.2. The number of carbonyl (C=O) groups excluding carboxylic acids is 15. The molecule has 0 aliphatic rings. The quantitative estimate of drug-likeness (QED) is 0.0116. The van der Waals surface area contributed by atoms with Gasteiger partial charge in [0.05, 0.1) is 71.7 Å². The first kappa shape index (κ1) is 102. The van der Waals surface area contributed by atoms with Crippen LogP contribution < -0.4 is 120 Å². The van der Waals surface area contributed by atoms with Crippen molar-refractivity contribution >= 4 is 106 Å². The number of aliphatic hydroxyl groups excluding tert-OH is 4. The lowest BCUT2D eigenvalue weighted by Gasteiger charge is -2.29. The highest BCUT2D eigenvalue weighted by atomic mass is 16.4. The number of quaternary nitrogens is 1. The van der Waals surface area contributed by atoms with Gasteiger partial charge in [-0.25, -0.2) is 0 Å². The van der Waals surface area contributed by atoms with Crippen LogP contribution in [0.15, 0.2) is 9.98 Å². The van der Waals surface area contributed by atoms with Crippen LogP contribution in [-0.4, -0.2) is 307 Å². The van der Waals surface area contributed by atoms with Crippen molar-refractivity contribution in [2.24, 2.45) is 55.9 Å². The van der Waals surface area contributed by atoms with Crippen LogP contribution >= 0.6 is 0 Å². The minimum Gasteiger partial charge on any atom is -0.480 e. The molecule has 46 heteroatoms. The molecule has 0 aliphatic carbocycles. The SMILES string of the molecule is C[C@H](N)C(=O)N[C@@H](CCCN=C(N)N)C(=O)N[C@H](C(=O)N[C@@H](CCCCN)C(=O)N[C@@H](CCC(N)=O)C(=O)N[C@H](C(=O)N[C@@H](C)C(=O)N[C@@H](CCCN=C(N)N)C(=O)N[C@@H](CCCC[N+](C)(C)C)C(=O)N[C@@H](CO)C(=O)N[C@H](C(=O)NCC(=O)NCC(=O)N[C@@H](CCCCN)C(=O)N[C@@H](C)C(=O)O)[C@@H](C)O)[C@@H](C)O)[C@@H](C)O. The molecule has 0 spiro atoms. The first-order chi connectivity index (χ1) is 52.3. The summed E-state index contributed by atoms with van der Waals surface area (Å²) in [5.74, 6) is -17.3. The highest BCUT2D eigenvalue weighted by Gasteiger charge is 2.38. The van der Waals surface area contributed by atoms with Gasteiger partial charge in [-0.1, -0.05) is 0 Å². The zero-order chi connectivity index (χ0) is 85.7. The second-order valence-electron chi connectivity index (χ2n) is 27.9. The summed E-state index contributed by atoms with van der Waals surface area (Å²) in [6.45, 7) is 5.27. The Labute approximate surface area is 649 Å². The first-order valence-corrected chi connectivity index (χ1v) is 36.7. The highest BCUT2D eigenvalue weighted by Crippen LogP contribution is 2.12. The molecule has 0 fully saturated rings. The molecule has 112 heavy (non-hydrogen) atoms. The van der Waals surface area contributed by atoms with Crippen molar-refractivity contribution in [1.82, 2.24) is 74.4 Å². The van der Waals surface area contributed by atoms with E-state index in [4.69, 9.17) is 45.9 Å². The predicted octanol–water partition coefficient (Wildman–Crippen LogP) is -12.9. The fraction of sp³-hybridized carbons (Fsp3) is 0.727. The van der Waals surface area contributed by atoms with Crippen LogP contribution in [0.1, 0.15) is 138 Å². The average molecular weight is 1600 g/mol. The van der Waals surface area contributed by atoms with Gasteiger partial charge in [-0.15, -0.1) is 0 Å². The standard InChI is InChI=1S/C66H123N25O21/c1-33(69)52(99)82-43(22-17-28-76-66(73)74)58(105)90-51(38(6)95)63(110)86-41(19-11-14-26-68)55(102)85-44(23-24-46(70)96)59(106)89-50(37(5)94)62(109)79-34(2)53(100)83-42(21-16-27-75-65(71)72)56(103)84-40(20-12-15-29-91(7,8)9)57(104)87-45(32-92)60(107)88-49(36(4)93)61(108)78-30-47(97)77-31-48(98)81-39(18-10-13-25-67)54(101)80-35(3)64(111)112/h33-45,49-51,92-95H,10-32,67-69H2,1-9H3,(H24-,70,71,72,73,74,75,76,77,78,79,80,81,82,83,84,85,86,87,88,89,90,96,97,98,99,100,101,102,103,104,105,106,107,108,109,110,111,112)/p+1/t33-,34-,35-,36+,37+,38+,39-,40-,41-,42-,43-,44-,45-,49-,50-,51-/m0/s1. The number of primary amides is 1. The Hall–Kier alpha value is -10.3. The molecule has 16 atom stereocenters. The maximum atomic E-state index is 14.4. The van der Waals surface area contributed by atoms with E-state index in [0.29, 0.717) is 36.7 Å². The molecule has 35 N–H and O–H groups in total. The summed E-state index contributed by atoms with van der Waals surface area (Å²) in [6, 6.07) is -20.4. The lowest BCUT2D eigenvalue weighted by atomic mass is 10.0. The Kier molecular flexibility index (Phi) is 48.7. The molecule has 0 aliphatic heterocycles. The van der Waals surface area contributed by atoms with Gasteiger partial charge in [-0.05, 0) is 145 Å². The van der Waals surface area contributed by atoms with Crippen molar-refractivity contribution in [3.8, 4) is 0 Å². The average Bonchev–Trinajstić information content (AvgIpc) is 0.848. The number of hydrogen-bond donors (Lipinski definition) is 27. The summed E-state index contributed by atoms with van der Waals surface area (Å²) < 4.78 is 0.484. The van der Waals surface area contributed by atoms with Gasteiger partial charge in [-0.2, -0.15) is 0 Å². The molecule has 0 aromatic heterocycles. The molecule has 0 radical (unpaired) electrons. The van der Waals surface area contributed by atoms with E-state index in [1.54, 1.807) is 0 Å². The van der Waals surface area contributed by atoms with Crippen LogP contribution in [-0.2, 0) is 76.7 Å². The van der Waals surface area contributed by atoms with E-state index in [9.17, 15) is 102 Å². The molecule has 0 unspecified atom stereocenters. The van der Waals surface area contributed by atoms with Crippen LogP contribution in [0.3, 0.4) is 0 Å². The van der Waals surface area contributed by atoms with Crippen LogP contribution in [0.25, 0.3) is 0 Å². The molecule has 0 bridgehead atoms. The summed E-state index contributed by atoms with van der Waals surface area (Å²) in [5.41, 5.74) is 44.2. The van der Waals surface area contributed by atoms with Gasteiger partial charge < -0.3 is 150 Å². The molecule has 638 valence electrons. The van der Waals surface area contributed by atoms with E-state index in [-0.39, 0.29) is 95.9 Å². The van der Waals surface area contributed by atoms with Gasteiger partial charge in [-0.3, -0.25) is 86.7 Å². The minimum atomic E-state index is -1.94. The lowest BCUT2D eigenvalue weighted by molar-refractivity contribution is -0.870. The van der Waals surface area contributed by atoms with Crippen molar-refractivity contribution < 1.29 is 107 Å². The van der Waals surface area contributed by atoms with E-state index in [1.807, 2.05) is 21.1 Å².